The Morgan fingerprint density at radius 3 is 2.70 bits per heavy atom. The molecule has 8 heteroatoms. The first-order valence-electron chi connectivity index (χ1n) is 10.0. The van der Waals surface area contributed by atoms with Crippen LogP contribution in [0.3, 0.4) is 0 Å². The summed E-state index contributed by atoms with van der Waals surface area (Å²) in [5.74, 6) is 2.19. The van der Waals surface area contributed by atoms with E-state index < -0.39 is 0 Å². The molecule has 0 atom stereocenters. The quantitative estimate of drug-likeness (QED) is 0.204. The number of nitrogens with one attached hydrogen (secondary N) is 3. The number of nitrogens with zero attached hydrogens (tertiary/aromatic N) is 2. The molecule has 0 radical (unpaired) electrons. The van der Waals surface area contributed by atoms with Gasteiger partial charge in [0.25, 0.3) is 5.91 Å². The SMILES string of the molecule is CN=C(NCCNC(=O)c1cccnc1)NCc1ccc(C)cc1OCC1CC1.I. The number of benzene rings is 1. The number of halogens is 1. The molecule has 1 fully saturated rings. The van der Waals surface area contributed by atoms with Crippen molar-refractivity contribution in [1.82, 2.24) is 20.9 Å². The Labute approximate surface area is 195 Å². The molecule has 1 heterocycles. The lowest BCUT2D eigenvalue weighted by Gasteiger charge is -2.15. The lowest BCUT2D eigenvalue weighted by Crippen LogP contribution is -2.41. The standard InChI is InChI=1S/C22H29N5O2.HI/c1-16-5-8-18(20(12-16)29-15-17-6-7-17)14-27-22(23-2)26-11-10-25-21(28)19-4-3-9-24-13-19;/h3-5,8-9,12-13,17H,6-7,10-11,14-15H2,1-2H3,(H,25,28)(H2,23,26,27);1H. The maximum absolute atomic E-state index is 12.0. The summed E-state index contributed by atoms with van der Waals surface area (Å²) in [5.41, 5.74) is 2.84. The van der Waals surface area contributed by atoms with Gasteiger partial charge < -0.3 is 20.7 Å². The molecule has 1 aromatic carbocycles. The second kappa shape index (κ2) is 12.4. The van der Waals surface area contributed by atoms with E-state index in [1.54, 1.807) is 31.6 Å². The molecule has 162 valence electrons. The topological polar surface area (TPSA) is 87.6 Å². The summed E-state index contributed by atoms with van der Waals surface area (Å²) < 4.78 is 6.02. The highest BCUT2D eigenvalue weighted by Crippen LogP contribution is 2.30. The minimum Gasteiger partial charge on any atom is -0.493 e. The number of aryl methyl sites for hydroxylation is 1. The molecule has 30 heavy (non-hydrogen) atoms. The fourth-order valence-electron chi connectivity index (χ4n) is 2.79. The fraction of sp³-hybridized carbons (Fsp3) is 0.409. The average Bonchev–Trinajstić information content (AvgIpc) is 3.57. The summed E-state index contributed by atoms with van der Waals surface area (Å²) in [6.45, 7) is 4.52. The molecule has 0 unspecified atom stereocenters. The second-order valence-electron chi connectivity index (χ2n) is 7.22. The van der Waals surface area contributed by atoms with Gasteiger partial charge in [-0.25, -0.2) is 0 Å². The maximum atomic E-state index is 12.0. The van der Waals surface area contributed by atoms with Crippen LogP contribution in [0.5, 0.6) is 5.75 Å². The minimum atomic E-state index is -0.139. The van der Waals surface area contributed by atoms with E-state index in [-0.39, 0.29) is 29.9 Å². The molecule has 1 saturated carbocycles. The lowest BCUT2D eigenvalue weighted by atomic mass is 10.1. The molecule has 3 N–H and O–H groups in total. The Morgan fingerprint density at radius 2 is 2.00 bits per heavy atom. The zero-order valence-electron chi connectivity index (χ0n) is 17.5. The summed E-state index contributed by atoms with van der Waals surface area (Å²) >= 11 is 0. The van der Waals surface area contributed by atoms with Crippen molar-refractivity contribution in [2.75, 3.05) is 26.7 Å². The summed E-state index contributed by atoms with van der Waals surface area (Å²) in [6.07, 6.45) is 5.73. The number of aliphatic imine (C=N–C) groups is 1. The van der Waals surface area contributed by atoms with Crippen molar-refractivity contribution in [2.24, 2.45) is 10.9 Å². The van der Waals surface area contributed by atoms with E-state index in [2.05, 4.69) is 51.0 Å². The lowest BCUT2D eigenvalue weighted by molar-refractivity contribution is 0.0954. The number of hydrogen-bond acceptors (Lipinski definition) is 4. The Hall–Kier alpha value is -2.36. The van der Waals surface area contributed by atoms with Gasteiger partial charge in [0.15, 0.2) is 5.96 Å². The largest absolute Gasteiger partial charge is 0.493 e. The average molecular weight is 523 g/mol. The molecule has 0 saturated heterocycles. The number of carbonyl (C=O) groups is 1. The summed E-state index contributed by atoms with van der Waals surface area (Å²) in [5, 5.41) is 9.37. The molecule has 1 aliphatic carbocycles. The van der Waals surface area contributed by atoms with Crippen molar-refractivity contribution in [3.63, 3.8) is 0 Å². The number of pyridine rings is 1. The third-order valence-electron chi connectivity index (χ3n) is 4.69. The molecular weight excluding hydrogens is 493 g/mol. The Morgan fingerprint density at radius 1 is 1.20 bits per heavy atom. The van der Waals surface area contributed by atoms with Gasteiger partial charge in [-0.1, -0.05) is 12.1 Å². The van der Waals surface area contributed by atoms with Crippen LogP contribution in [0.15, 0.2) is 47.7 Å². The molecule has 0 bridgehead atoms. The van der Waals surface area contributed by atoms with Crippen LogP contribution in [-0.4, -0.2) is 43.6 Å². The molecule has 2 aromatic rings. The highest BCUT2D eigenvalue weighted by Gasteiger charge is 2.22. The van der Waals surface area contributed by atoms with Gasteiger partial charge in [-0.2, -0.15) is 0 Å². The van der Waals surface area contributed by atoms with E-state index >= 15 is 0 Å². The van der Waals surface area contributed by atoms with Crippen LogP contribution in [-0.2, 0) is 6.54 Å². The van der Waals surface area contributed by atoms with E-state index in [0.29, 0.717) is 37.1 Å². The van der Waals surface area contributed by atoms with Gasteiger partial charge in [0.2, 0.25) is 0 Å². The monoisotopic (exact) mass is 523 g/mol. The number of carbonyl (C=O) groups excluding carboxylic acids is 1. The van der Waals surface area contributed by atoms with Gasteiger partial charge >= 0.3 is 0 Å². The Bertz CT molecular complexity index is 841. The predicted molar refractivity (Wildman–Crippen MR) is 130 cm³/mol. The number of guanidine groups is 1. The summed E-state index contributed by atoms with van der Waals surface area (Å²) in [7, 11) is 1.73. The first-order valence-corrected chi connectivity index (χ1v) is 10.0. The molecule has 1 aromatic heterocycles. The highest BCUT2D eigenvalue weighted by molar-refractivity contribution is 14.0. The van der Waals surface area contributed by atoms with Crippen molar-refractivity contribution in [1.29, 1.82) is 0 Å². The van der Waals surface area contributed by atoms with Crippen LogP contribution >= 0.6 is 24.0 Å². The zero-order chi connectivity index (χ0) is 20.5. The van der Waals surface area contributed by atoms with Crippen molar-refractivity contribution < 1.29 is 9.53 Å². The highest BCUT2D eigenvalue weighted by atomic mass is 127. The van der Waals surface area contributed by atoms with Gasteiger partial charge in [0.1, 0.15) is 5.75 Å². The number of aromatic nitrogens is 1. The van der Waals surface area contributed by atoms with Crippen LogP contribution in [0.2, 0.25) is 0 Å². The number of hydrogen-bond donors (Lipinski definition) is 3. The van der Waals surface area contributed by atoms with Crippen LogP contribution in [0.25, 0.3) is 0 Å². The molecular formula is C22H30IN5O2. The van der Waals surface area contributed by atoms with Crippen LogP contribution in [0.4, 0.5) is 0 Å². The van der Waals surface area contributed by atoms with Crippen molar-refractivity contribution in [2.45, 2.75) is 26.3 Å². The summed E-state index contributed by atoms with van der Waals surface area (Å²) in [6, 6.07) is 9.74. The first-order chi connectivity index (χ1) is 14.2. The molecule has 7 nitrogen and oxygen atoms in total. The Kier molecular flexibility index (Phi) is 9.85. The van der Waals surface area contributed by atoms with Gasteiger partial charge in [0, 0.05) is 44.6 Å². The van der Waals surface area contributed by atoms with E-state index in [0.717, 1.165) is 17.9 Å². The number of amides is 1. The predicted octanol–water partition coefficient (Wildman–Crippen LogP) is 2.89. The van der Waals surface area contributed by atoms with Crippen LogP contribution in [0.1, 0.15) is 34.3 Å². The zero-order valence-corrected chi connectivity index (χ0v) is 19.8. The molecule has 3 rings (SSSR count). The first kappa shape index (κ1) is 23.9. The van der Waals surface area contributed by atoms with Gasteiger partial charge in [-0.3, -0.25) is 14.8 Å². The van der Waals surface area contributed by atoms with E-state index in [1.807, 2.05) is 0 Å². The van der Waals surface area contributed by atoms with Crippen LogP contribution in [0, 0.1) is 12.8 Å². The van der Waals surface area contributed by atoms with Gasteiger partial charge in [0.05, 0.1) is 12.2 Å². The molecule has 0 aliphatic heterocycles. The molecule has 1 amide bonds. The van der Waals surface area contributed by atoms with Crippen molar-refractivity contribution in [3.05, 3.63) is 59.4 Å². The van der Waals surface area contributed by atoms with E-state index in [4.69, 9.17) is 4.74 Å². The fourth-order valence-corrected chi connectivity index (χ4v) is 2.79. The van der Waals surface area contributed by atoms with Gasteiger partial charge in [-0.05, 0) is 49.4 Å². The number of ether oxygens (including phenoxy) is 1. The minimum absolute atomic E-state index is 0. The Balaban J connectivity index is 0.00000320. The van der Waals surface area contributed by atoms with E-state index in [9.17, 15) is 4.79 Å². The third kappa shape index (κ3) is 7.81. The smallest absolute Gasteiger partial charge is 0.252 e. The third-order valence-corrected chi connectivity index (χ3v) is 4.69. The van der Waals surface area contributed by atoms with Gasteiger partial charge in [-0.15, -0.1) is 24.0 Å². The van der Waals surface area contributed by atoms with Crippen molar-refractivity contribution in [3.8, 4) is 5.75 Å². The normalized spacial score (nSPS) is 13.2. The van der Waals surface area contributed by atoms with E-state index in [1.165, 1.54) is 18.4 Å². The van der Waals surface area contributed by atoms with Crippen molar-refractivity contribution >= 4 is 35.8 Å². The number of rotatable bonds is 9. The summed E-state index contributed by atoms with van der Waals surface area (Å²) in [4.78, 5) is 20.2. The maximum Gasteiger partial charge on any atom is 0.252 e. The molecule has 1 aliphatic rings. The van der Waals surface area contributed by atoms with Crippen LogP contribution < -0.4 is 20.7 Å². The second-order valence-corrected chi connectivity index (χ2v) is 7.22. The molecule has 0 spiro atoms.